The van der Waals surface area contributed by atoms with Crippen molar-refractivity contribution in [3.63, 3.8) is 0 Å². The predicted octanol–water partition coefficient (Wildman–Crippen LogP) is 1.32. The van der Waals surface area contributed by atoms with Crippen LogP contribution >= 0.6 is 12.2 Å². The van der Waals surface area contributed by atoms with E-state index in [1.54, 1.807) is 0 Å². The first-order chi connectivity index (χ1) is 6.48. The fourth-order valence-electron chi connectivity index (χ4n) is 0.923. The molecule has 0 aliphatic carbocycles. The largest absolute Gasteiger partial charge is 0.406 e. The van der Waals surface area contributed by atoms with Crippen molar-refractivity contribution in [2.75, 3.05) is 13.6 Å². The number of alkyl halides is 3. The van der Waals surface area contributed by atoms with Gasteiger partial charge < -0.3 is 10.6 Å². The molecule has 0 heterocycles. The number of amides is 1. The Balaban J connectivity index is 4.66. The average molecular weight is 242 g/mol. The van der Waals surface area contributed by atoms with Gasteiger partial charge >= 0.3 is 6.18 Å². The van der Waals surface area contributed by atoms with Crippen LogP contribution in [0.2, 0.25) is 0 Å². The minimum Gasteiger partial charge on any atom is -0.392 e. The molecule has 0 saturated carbocycles. The van der Waals surface area contributed by atoms with Crippen LogP contribution in [0.25, 0.3) is 0 Å². The zero-order valence-corrected chi connectivity index (χ0v) is 9.50. The number of nitrogens with zero attached hydrogens (tertiary/aromatic N) is 1. The number of hydrogen-bond donors (Lipinski definition) is 1. The van der Waals surface area contributed by atoms with E-state index in [0.717, 1.165) is 7.05 Å². The van der Waals surface area contributed by atoms with Crippen LogP contribution in [0.4, 0.5) is 13.2 Å². The molecule has 0 aliphatic heterocycles. The summed E-state index contributed by atoms with van der Waals surface area (Å²) in [4.78, 5) is 12.0. The summed E-state index contributed by atoms with van der Waals surface area (Å²) in [6.07, 6.45) is -4.42. The van der Waals surface area contributed by atoms with Gasteiger partial charge in [0.1, 0.15) is 6.54 Å². The third-order valence-electron chi connectivity index (χ3n) is 1.91. The highest BCUT2D eigenvalue weighted by molar-refractivity contribution is 7.80. The van der Waals surface area contributed by atoms with Gasteiger partial charge in [-0.05, 0) is 13.8 Å². The Morgan fingerprint density at radius 2 is 1.80 bits per heavy atom. The molecule has 0 aromatic heterocycles. The standard InChI is InChI=1S/C8H13F3N2OS/c1-7(2,5(12)15)6(14)13(3)4-8(9,10)11/h4H2,1-3H3,(H2,12,15). The predicted molar refractivity (Wildman–Crippen MR) is 54.3 cm³/mol. The molecular weight excluding hydrogens is 229 g/mol. The van der Waals surface area contributed by atoms with Crippen molar-refractivity contribution in [2.24, 2.45) is 11.1 Å². The molecule has 7 heteroatoms. The summed E-state index contributed by atoms with van der Waals surface area (Å²) in [6, 6.07) is 0. The van der Waals surface area contributed by atoms with Crippen LogP contribution < -0.4 is 5.73 Å². The molecule has 0 bridgehead atoms. The highest BCUT2D eigenvalue weighted by Gasteiger charge is 2.38. The first-order valence-corrected chi connectivity index (χ1v) is 4.51. The van der Waals surface area contributed by atoms with E-state index in [1.165, 1.54) is 13.8 Å². The summed E-state index contributed by atoms with van der Waals surface area (Å²) in [6.45, 7) is 1.48. The van der Waals surface area contributed by atoms with E-state index in [2.05, 4.69) is 12.2 Å². The molecule has 15 heavy (non-hydrogen) atoms. The van der Waals surface area contributed by atoms with Crippen molar-refractivity contribution in [3.05, 3.63) is 0 Å². The molecule has 2 N–H and O–H groups in total. The molecule has 0 aromatic rings. The topological polar surface area (TPSA) is 46.3 Å². The molecular formula is C8H13F3N2OS. The van der Waals surface area contributed by atoms with Crippen LogP contribution in [0.15, 0.2) is 0 Å². The van der Waals surface area contributed by atoms with Gasteiger partial charge in [-0.15, -0.1) is 0 Å². The number of thiocarbonyl (C=S) groups is 1. The Morgan fingerprint density at radius 1 is 1.40 bits per heavy atom. The Hall–Kier alpha value is -0.850. The lowest BCUT2D eigenvalue weighted by atomic mass is 9.92. The smallest absolute Gasteiger partial charge is 0.392 e. The molecule has 88 valence electrons. The van der Waals surface area contributed by atoms with Gasteiger partial charge in [-0.3, -0.25) is 4.79 Å². The van der Waals surface area contributed by atoms with E-state index >= 15 is 0 Å². The summed E-state index contributed by atoms with van der Waals surface area (Å²) < 4.78 is 36.0. The quantitative estimate of drug-likeness (QED) is 0.759. The van der Waals surface area contributed by atoms with Crippen LogP contribution in [0.3, 0.4) is 0 Å². The first kappa shape index (κ1) is 14.2. The summed E-state index contributed by atoms with van der Waals surface area (Å²) in [7, 11) is 1.07. The fourth-order valence-corrected chi connectivity index (χ4v) is 1.01. The van der Waals surface area contributed by atoms with E-state index in [-0.39, 0.29) is 4.99 Å². The van der Waals surface area contributed by atoms with E-state index in [4.69, 9.17) is 5.73 Å². The molecule has 0 aliphatic rings. The first-order valence-electron chi connectivity index (χ1n) is 4.10. The molecule has 0 spiro atoms. The molecule has 0 aromatic carbocycles. The molecule has 1 amide bonds. The molecule has 0 rings (SSSR count). The van der Waals surface area contributed by atoms with Crippen LogP contribution in [-0.4, -0.2) is 35.6 Å². The van der Waals surface area contributed by atoms with E-state index in [9.17, 15) is 18.0 Å². The molecule has 3 nitrogen and oxygen atoms in total. The van der Waals surface area contributed by atoms with Crippen molar-refractivity contribution in [1.82, 2.24) is 4.90 Å². The lowest BCUT2D eigenvalue weighted by Gasteiger charge is -2.28. The van der Waals surface area contributed by atoms with Crippen LogP contribution in [0, 0.1) is 5.41 Å². The summed E-state index contributed by atoms with van der Waals surface area (Å²) >= 11 is 4.62. The molecule has 0 fully saturated rings. The van der Waals surface area contributed by atoms with Crippen LogP contribution in [-0.2, 0) is 4.79 Å². The van der Waals surface area contributed by atoms with Crippen molar-refractivity contribution < 1.29 is 18.0 Å². The maximum atomic E-state index is 12.0. The molecule has 0 atom stereocenters. The van der Waals surface area contributed by atoms with Gasteiger partial charge in [0.25, 0.3) is 0 Å². The summed E-state index contributed by atoms with van der Waals surface area (Å²) in [5.74, 6) is -0.743. The van der Waals surface area contributed by atoms with Gasteiger partial charge in [0.2, 0.25) is 5.91 Å². The maximum absolute atomic E-state index is 12.0. The molecule has 0 saturated heterocycles. The number of hydrogen-bond acceptors (Lipinski definition) is 2. The van der Waals surface area contributed by atoms with Crippen LogP contribution in [0.1, 0.15) is 13.8 Å². The third kappa shape index (κ3) is 4.03. The number of carbonyl (C=O) groups excluding carboxylic acids is 1. The number of halogens is 3. The second-order valence-electron chi connectivity index (χ2n) is 3.77. The van der Waals surface area contributed by atoms with Crippen molar-refractivity contribution in [1.29, 1.82) is 0 Å². The van der Waals surface area contributed by atoms with E-state index in [1.807, 2.05) is 0 Å². The summed E-state index contributed by atoms with van der Waals surface area (Å²) in [5, 5.41) is 0. The van der Waals surface area contributed by atoms with Gasteiger partial charge in [-0.25, -0.2) is 0 Å². The number of carbonyl (C=O) groups is 1. The van der Waals surface area contributed by atoms with E-state index < -0.39 is 24.0 Å². The second kappa shape index (κ2) is 4.34. The zero-order chi connectivity index (χ0) is 12.4. The number of rotatable bonds is 3. The molecule has 0 unspecified atom stereocenters. The van der Waals surface area contributed by atoms with Crippen LogP contribution in [0.5, 0.6) is 0 Å². The second-order valence-corrected chi connectivity index (χ2v) is 4.21. The van der Waals surface area contributed by atoms with Gasteiger partial charge in [0, 0.05) is 7.05 Å². The third-order valence-corrected chi connectivity index (χ3v) is 2.42. The average Bonchev–Trinajstić information content (AvgIpc) is 1.99. The number of nitrogens with two attached hydrogens (primary N) is 1. The lowest BCUT2D eigenvalue weighted by Crippen LogP contribution is -2.48. The van der Waals surface area contributed by atoms with Gasteiger partial charge in [0.15, 0.2) is 0 Å². The van der Waals surface area contributed by atoms with Gasteiger partial charge in [0.05, 0.1) is 10.4 Å². The minimum absolute atomic E-state index is 0.124. The normalized spacial score (nSPS) is 12.4. The van der Waals surface area contributed by atoms with Gasteiger partial charge in [-0.1, -0.05) is 12.2 Å². The Labute approximate surface area is 91.4 Å². The van der Waals surface area contributed by atoms with Crippen molar-refractivity contribution in [2.45, 2.75) is 20.0 Å². The molecule has 0 radical (unpaired) electrons. The monoisotopic (exact) mass is 242 g/mol. The SMILES string of the molecule is CN(CC(F)(F)F)C(=O)C(C)(C)C(N)=S. The maximum Gasteiger partial charge on any atom is 0.406 e. The van der Waals surface area contributed by atoms with Gasteiger partial charge in [-0.2, -0.15) is 13.2 Å². The zero-order valence-electron chi connectivity index (χ0n) is 8.68. The van der Waals surface area contributed by atoms with Crippen molar-refractivity contribution >= 4 is 23.1 Å². The Kier molecular flexibility index (Phi) is 4.09. The van der Waals surface area contributed by atoms with E-state index in [0.29, 0.717) is 4.90 Å². The highest BCUT2D eigenvalue weighted by Crippen LogP contribution is 2.22. The Morgan fingerprint density at radius 3 is 2.07 bits per heavy atom. The fraction of sp³-hybridized carbons (Fsp3) is 0.750. The highest BCUT2D eigenvalue weighted by atomic mass is 32.1. The lowest BCUT2D eigenvalue weighted by molar-refractivity contribution is -0.161. The summed E-state index contributed by atoms with van der Waals surface area (Å²) in [5.41, 5.74) is 4.02. The Bertz CT molecular complexity index is 276. The minimum atomic E-state index is -4.42. The van der Waals surface area contributed by atoms with Crippen molar-refractivity contribution in [3.8, 4) is 0 Å².